The molecule has 0 spiro atoms. The number of aromatic nitrogens is 4. The van der Waals surface area contributed by atoms with Crippen LogP contribution in [0.1, 0.15) is 33.9 Å². The Balaban J connectivity index is 2.01. The molecule has 9 heteroatoms. The summed E-state index contributed by atoms with van der Waals surface area (Å²) in [5.41, 5.74) is 0.0871. The van der Waals surface area contributed by atoms with E-state index in [-0.39, 0.29) is 54.1 Å². The number of hydrogen-bond acceptors (Lipinski definition) is 6. The topological polar surface area (TPSA) is 122 Å². The first-order chi connectivity index (χ1) is 11.8. The van der Waals surface area contributed by atoms with Gasteiger partial charge in [-0.3, -0.25) is 24.5 Å². The summed E-state index contributed by atoms with van der Waals surface area (Å²) in [7, 11) is 0. The molecule has 0 aromatic carbocycles. The van der Waals surface area contributed by atoms with Crippen molar-refractivity contribution in [1.82, 2.24) is 19.5 Å². The second-order valence-electron chi connectivity index (χ2n) is 6.85. The van der Waals surface area contributed by atoms with Gasteiger partial charge in [0.1, 0.15) is 6.23 Å². The highest BCUT2D eigenvalue weighted by atomic mass is 16.5. The van der Waals surface area contributed by atoms with Crippen molar-refractivity contribution >= 4 is 23.0 Å². The summed E-state index contributed by atoms with van der Waals surface area (Å²) in [6, 6.07) is 0. The van der Waals surface area contributed by atoms with Gasteiger partial charge in [-0.2, -0.15) is 4.98 Å². The van der Waals surface area contributed by atoms with Gasteiger partial charge >= 0.3 is 0 Å². The molecule has 1 amide bonds. The molecule has 3 N–H and O–H groups in total. The third-order valence-electron chi connectivity index (χ3n) is 4.83. The van der Waals surface area contributed by atoms with Gasteiger partial charge in [0.2, 0.25) is 11.9 Å². The van der Waals surface area contributed by atoms with Crippen LogP contribution in [0.25, 0.3) is 11.2 Å². The van der Waals surface area contributed by atoms with E-state index >= 15 is 0 Å². The zero-order valence-corrected chi connectivity index (χ0v) is 14.7. The summed E-state index contributed by atoms with van der Waals surface area (Å²) in [4.78, 5) is 35.1. The van der Waals surface area contributed by atoms with Gasteiger partial charge in [-0.15, -0.1) is 0 Å². The first-order valence-corrected chi connectivity index (χ1v) is 8.37. The van der Waals surface area contributed by atoms with Crippen molar-refractivity contribution < 1.29 is 14.6 Å². The average molecular weight is 349 g/mol. The number of rotatable bonds is 4. The zero-order valence-electron chi connectivity index (χ0n) is 14.7. The number of aliphatic hydroxyl groups is 1. The number of H-pyrrole nitrogens is 1. The number of carbonyl (C=O) groups excluding carboxylic acids is 1. The van der Waals surface area contributed by atoms with Crippen molar-refractivity contribution in [2.45, 2.75) is 40.0 Å². The molecule has 3 heterocycles. The molecule has 0 saturated carbocycles. The van der Waals surface area contributed by atoms with Crippen LogP contribution in [0.4, 0.5) is 5.95 Å². The Kier molecular flexibility index (Phi) is 4.61. The van der Waals surface area contributed by atoms with Gasteiger partial charge in [-0.1, -0.05) is 27.7 Å². The summed E-state index contributed by atoms with van der Waals surface area (Å²) < 4.78 is 7.61. The normalized spacial score (nSPS) is 26.5. The van der Waals surface area contributed by atoms with E-state index in [4.69, 9.17) is 4.74 Å². The molecular formula is C16H23N5O4. The largest absolute Gasteiger partial charge is 0.394 e. The smallest absolute Gasteiger partial charge is 0.280 e. The summed E-state index contributed by atoms with van der Waals surface area (Å²) in [5, 5.41) is 12.0. The van der Waals surface area contributed by atoms with Gasteiger partial charge in [0.15, 0.2) is 11.2 Å². The number of anilines is 1. The van der Waals surface area contributed by atoms with Gasteiger partial charge in [0.05, 0.1) is 19.0 Å². The molecule has 9 nitrogen and oxygen atoms in total. The van der Waals surface area contributed by atoms with Crippen LogP contribution in [-0.2, 0) is 9.53 Å². The van der Waals surface area contributed by atoms with E-state index in [1.807, 2.05) is 13.8 Å². The Bertz CT molecular complexity index is 843. The van der Waals surface area contributed by atoms with E-state index in [0.29, 0.717) is 5.65 Å². The van der Waals surface area contributed by atoms with Crippen molar-refractivity contribution in [3.63, 3.8) is 0 Å². The lowest BCUT2D eigenvalue weighted by atomic mass is 9.93. The van der Waals surface area contributed by atoms with Crippen LogP contribution in [0.3, 0.4) is 0 Å². The van der Waals surface area contributed by atoms with E-state index in [9.17, 15) is 14.7 Å². The number of ether oxygens (including phenoxy) is 1. The minimum Gasteiger partial charge on any atom is -0.394 e. The third-order valence-corrected chi connectivity index (χ3v) is 4.83. The van der Waals surface area contributed by atoms with Crippen LogP contribution in [0.15, 0.2) is 11.1 Å². The number of hydrogen-bond donors (Lipinski definition) is 3. The monoisotopic (exact) mass is 349 g/mol. The van der Waals surface area contributed by atoms with E-state index in [0.717, 1.165) is 0 Å². The van der Waals surface area contributed by atoms with Gasteiger partial charge in [0, 0.05) is 11.8 Å². The number of carbonyl (C=O) groups is 1. The first kappa shape index (κ1) is 17.6. The maximum atomic E-state index is 12.2. The minimum atomic E-state index is -0.430. The highest BCUT2D eigenvalue weighted by Gasteiger charge is 2.40. The second kappa shape index (κ2) is 6.57. The lowest BCUT2D eigenvalue weighted by Crippen LogP contribution is -2.23. The van der Waals surface area contributed by atoms with Crippen molar-refractivity contribution in [1.29, 1.82) is 0 Å². The number of aromatic amines is 1. The Morgan fingerprint density at radius 2 is 2.16 bits per heavy atom. The van der Waals surface area contributed by atoms with Crippen LogP contribution >= 0.6 is 0 Å². The fourth-order valence-electron chi connectivity index (χ4n) is 2.99. The van der Waals surface area contributed by atoms with Crippen molar-refractivity contribution in [2.24, 2.45) is 17.8 Å². The maximum Gasteiger partial charge on any atom is 0.280 e. The molecule has 1 fully saturated rings. The summed E-state index contributed by atoms with van der Waals surface area (Å²) in [6.45, 7) is 7.46. The number of imidazole rings is 1. The molecular weight excluding hydrogens is 326 g/mol. The quantitative estimate of drug-likeness (QED) is 0.753. The first-order valence-electron chi connectivity index (χ1n) is 8.37. The number of nitrogens with one attached hydrogen (secondary N) is 2. The lowest BCUT2D eigenvalue weighted by Gasteiger charge is -2.18. The Hall–Kier alpha value is -2.26. The molecule has 4 unspecified atom stereocenters. The predicted molar refractivity (Wildman–Crippen MR) is 90.9 cm³/mol. The highest BCUT2D eigenvalue weighted by Crippen LogP contribution is 2.39. The van der Waals surface area contributed by atoms with Crippen LogP contribution in [-0.4, -0.2) is 43.2 Å². The minimum absolute atomic E-state index is 0.0711. The average Bonchev–Trinajstić information content (AvgIpc) is 3.10. The summed E-state index contributed by atoms with van der Waals surface area (Å²) in [6.07, 6.45) is 0.842. The van der Waals surface area contributed by atoms with Crippen LogP contribution < -0.4 is 10.9 Å². The van der Waals surface area contributed by atoms with Crippen LogP contribution in [0.2, 0.25) is 0 Å². The summed E-state index contributed by atoms with van der Waals surface area (Å²) >= 11 is 0. The number of aliphatic hydroxyl groups excluding tert-OH is 1. The number of fused-ring (bicyclic) bond motifs is 1. The van der Waals surface area contributed by atoms with E-state index in [1.165, 1.54) is 6.33 Å². The van der Waals surface area contributed by atoms with Gasteiger partial charge in [-0.05, 0) is 5.92 Å². The Labute approximate surface area is 144 Å². The molecule has 1 aliphatic rings. The molecule has 25 heavy (non-hydrogen) atoms. The molecule has 0 aliphatic carbocycles. The van der Waals surface area contributed by atoms with Crippen molar-refractivity contribution in [2.75, 3.05) is 11.9 Å². The van der Waals surface area contributed by atoms with E-state index < -0.39 is 5.56 Å². The van der Waals surface area contributed by atoms with E-state index in [1.54, 1.807) is 18.4 Å². The summed E-state index contributed by atoms with van der Waals surface area (Å²) in [5.74, 6) is -0.155. The maximum absolute atomic E-state index is 12.2. The Morgan fingerprint density at radius 1 is 1.44 bits per heavy atom. The van der Waals surface area contributed by atoms with Gasteiger partial charge in [0.25, 0.3) is 5.56 Å². The molecule has 136 valence electrons. The third kappa shape index (κ3) is 3.05. The fourth-order valence-corrected chi connectivity index (χ4v) is 2.99. The van der Waals surface area contributed by atoms with Crippen molar-refractivity contribution in [3.05, 3.63) is 16.7 Å². The highest BCUT2D eigenvalue weighted by molar-refractivity contribution is 5.91. The molecule has 3 rings (SSSR count). The molecule has 1 saturated heterocycles. The fraction of sp³-hybridized carbons (Fsp3) is 0.625. The van der Waals surface area contributed by atoms with Crippen molar-refractivity contribution in [3.8, 4) is 0 Å². The molecule has 2 aromatic heterocycles. The lowest BCUT2D eigenvalue weighted by molar-refractivity contribution is -0.118. The zero-order chi connectivity index (χ0) is 18.3. The number of nitrogens with zero attached hydrogens (tertiary/aromatic N) is 3. The van der Waals surface area contributed by atoms with Crippen LogP contribution in [0, 0.1) is 17.8 Å². The molecule has 2 aromatic rings. The second-order valence-corrected chi connectivity index (χ2v) is 6.85. The standard InChI is InChI=1S/C16H23N5O4/c1-7(2)13(23)19-16-18-12-11(14(24)20-16)17-6-21(12)15-9(4)8(3)10(5-22)25-15/h6-10,15,22H,5H2,1-4H3,(H2,18,19,20,23,24). The van der Waals surface area contributed by atoms with Gasteiger partial charge in [-0.25, -0.2) is 4.98 Å². The molecule has 1 aliphatic heterocycles. The van der Waals surface area contributed by atoms with Crippen LogP contribution in [0.5, 0.6) is 0 Å². The molecule has 4 atom stereocenters. The predicted octanol–water partition coefficient (Wildman–Crippen LogP) is 0.876. The van der Waals surface area contributed by atoms with E-state index in [2.05, 4.69) is 20.3 Å². The molecule has 0 radical (unpaired) electrons. The number of amides is 1. The molecule has 0 bridgehead atoms. The Morgan fingerprint density at radius 3 is 2.76 bits per heavy atom. The van der Waals surface area contributed by atoms with Gasteiger partial charge < -0.3 is 9.84 Å². The SMILES string of the molecule is CC(C)C(=O)Nc1nc2c(ncn2C2OC(CO)C(C)C2C)c(=O)[nH]1.